The maximum absolute atomic E-state index is 12.3. The van der Waals surface area contributed by atoms with Gasteiger partial charge in [0.1, 0.15) is 0 Å². The maximum atomic E-state index is 12.3. The lowest BCUT2D eigenvalue weighted by Crippen LogP contribution is -2.48. The van der Waals surface area contributed by atoms with E-state index in [1.807, 2.05) is 13.8 Å². The van der Waals surface area contributed by atoms with Crippen LogP contribution in [0.25, 0.3) is 0 Å². The Labute approximate surface area is 122 Å². The average molecular weight is 355 g/mol. The summed E-state index contributed by atoms with van der Waals surface area (Å²) in [5.74, 6) is 0. The van der Waals surface area contributed by atoms with Crippen molar-refractivity contribution < 1.29 is 8.42 Å². The molecule has 0 aliphatic rings. The number of hydrogen-bond donors (Lipinski definition) is 1. The lowest BCUT2D eigenvalue weighted by atomic mass is 9.97. The highest BCUT2D eigenvalue weighted by molar-refractivity contribution is 9.09. The molecule has 0 spiro atoms. The van der Waals surface area contributed by atoms with E-state index in [0.717, 1.165) is 12.8 Å². The van der Waals surface area contributed by atoms with Gasteiger partial charge in [0.25, 0.3) is 0 Å². The molecule has 0 fully saturated rings. The van der Waals surface area contributed by atoms with Crippen LogP contribution in [0.2, 0.25) is 5.02 Å². The molecule has 3 nitrogen and oxygen atoms in total. The average Bonchev–Trinajstić information content (AvgIpc) is 2.37. The minimum absolute atomic E-state index is 0.235. The van der Waals surface area contributed by atoms with Gasteiger partial charge >= 0.3 is 0 Å². The number of halogens is 2. The molecule has 6 heteroatoms. The van der Waals surface area contributed by atoms with E-state index in [1.54, 1.807) is 12.1 Å². The summed E-state index contributed by atoms with van der Waals surface area (Å²) in [4.78, 5) is 0.235. The van der Waals surface area contributed by atoms with Crippen molar-refractivity contribution in [3.63, 3.8) is 0 Å². The van der Waals surface area contributed by atoms with E-state index >= 15 is 0 Å². The fraction of sp³-hybridized carbons (Fsp3) is 0.500. The van der Waals surface area contributed by atoms with Crippen molar-refractivity contribution in [2.75, 3.05) is 5.33 Å². The number of benzene rings is 1. The second-order valence-electron chi connectivity index (χ2n) is 4.18. The Kier molecular flexibility index (Phi) is 5.65. The molecule has 0 saturated heterocycles. The third-order valence-electron chi connectivity index (χ3n) is 3.08. The third-order valence-corrected chi connectivity index (χ3v) is 6.00. The summed E-state index contributed by atoms with van der Waals surface area (Å²) < 4.78 is 27.3. The fourth-order valence-corrected chi connectivity index (χ4v) is 4.36. The Bertz CT molecular complexity index is 475. The van der Waals surface area contributed by atoms with Crippen LogP contribution in [0.5, 0.6) is 0 Å². The van der Waals surface area contributed by atoms with E-state index in [-0.39, 0.29) is 4.90 Å². The van der Waals surface area contributed by atoms with Crippen LogP contribution in [0.1, 0.15) is 26.7 Å². The molecule has 0 bridgehead atoms. The fourth-order valence-electron chi connectivity index (χ4n) is 1.57. The highest BCUT2D eigenvalue weighted by Gasteiger charge is 2.30. The van der Waals surface area contributed by atoms with Crippen LogP contribution in [0.15, 0.2) is 29.2 Å². The smallest absolute Gasteiger partial charge is 0.207 e. The molecule has 0 aliphatic carbocycles. The summed E-state index contributed by atoms with van der Waals surface area (Å²) in [6.45, 7) is 3.93. The monoisotopic (exact) mass is 353 g/mol. The first-order valence-corrected chi connectivity index (χ1v) is 8.73. The molecule has 1 aromatic rings. The van der Waals surface area contributed by atoms with Gasteiger partial charge < -0.3 is 0 Å². The minimum atomic E-state index is -3.51. The lowest BCUT2D eigenvalue weighted by Gasteiger charge is -2.30. The third kappa shape index (κ3) is 3.70. The van der Waals surface area contributed by atoms with Crippen LogP contribution in [-0.4, -0.2) is 19.3 Å². The summed E-state index contributed by atoms with van der Waals surface area (Å²) >= 11 is 9.14. The van der Waals surface area contributed by atoms with E-state index in [0.29, 0.717) is 10.4 Å². The van der Waals surface area contributed by atoms with Crippen LogP contribution in [-0.2, 0) is 10.0 Å². The van der Waals surface area contributed by atoms with Crippen LogP contribution in [0, 0.1) is 0 Å². The van der Waals surface area contributed by atoms with E-state index in [1.165, 1.54) is 12.1 Å². The number of hydrogen-bond acceptors (Lipinski definition) is 2. The van der Waals surface area contributed by atoms with Gasteiger partial charge in [0.15, 0.2) is 0 Å². The van der Waals surface area contributed by atoms with Crippen molar-refractivity contribution in [3.05, 3.63) is 29.3 Å². The van der Waals surface area contributed by atoms with E-state index in [4.69, 9.17) is 11.6 Å². The number of alkyl halides is 1. The van der Waals surface area contributed by atoms with Crippen molar-refractivity contribution in [2.45, 2.75) is 37.1 Å². The van der Waals surface area contributed by atoms with E-state index in [2.05, 4.69) is 20.7 Å². The van der Waals surface area contributed by atoms with Crippen molar-refractivity contribution in [1.82, 2.24) is 4.72 Å². The highest BCUT2D eigenvalue weighted by Crippen LogP contribution is 2.22. The van der Waals surface area contributed by atoms with Gasteiger partial charge in [-0.1, -0.05) is 41.4 Å². The van der Waals surface area contributed by atoms with Gasteiger partial charge in [-0.05, 0) is 37.1 Å². The molecule has 0 aromatic heterocycles. The summed E-state index contributed by atoms with van der Waals surface area (Å²) in [7, 11) is -3.51. The number of nitrogens with one attached hydrogen (secondary N) is 1. The van der Waals surface area contributed by atoms with Crippen molar-refractivity contribution in [2.24, 2.45) is 0 Å². The standard InChI is InChI=1S/C12H17BrClNO2S/c1-3-12(4-2,9-13)15-18(16,17)11-7-5-10(14)6-8-11/h5-8,15H,3-4,9H2,1-2H3. The zero-order valence-electron chi connectivity index (χ0n) is 10.4. The lowest BCUT2D eigenvalue weighted by molar-refractivity contribution is 0.398. The summed E-state index contributed by atoms with van der Waals surface area (Å²) in [6.07, 6.45) is 1.45. The van der Waals surface area contributed by atoms with Gasteiger partial charge in [-0.25, -0.2) is 13.1 Å². The largest absolute Gasteiger partial charge is 0.241 e. The number of rotatable bonds is 6. The van der Waals surface area contributed by atoms with Crippen molar-refractivity contribution in [3.8, 4) is 0 Å². The van der Waals surface area contributed by atoms with Gasteiger partial charge in [0, 0.05) is 15.9 Å². The Balaban J connectivity index is 3.04. The normalized spacial score (nSPS) is 12.7. The number of sulfonamides is 1. The molecule has 1 N–H and O–H groups in total. The molecule has 0 radical (unpaired) electrons. The van der Waals surface area contributed by atoms with Crippen molar-refractivity contribution in [1.29, 1.82) is 0 Å². The second kappa shape index (κ2) is 6.37. The first-order valence-electron chi connectivity index (χ1n) is 5.74. The molecule has 1 rings (SSSR count). The molecular weight excluding hydrogens is 338 g/mol. The molecular formula is C12H17BrClNO2S. The zero-order valence-corrected chi connectivity index (χ0v) is 13.6. The Morgan fingerprint density at radius 2 is 1.72 bits per heavy atom. The Morgan fingerprint density at radius 1 is 1.22 bits per heavy atom. The van der Waals surface area contributed by atoms with E-state index in [9.17, 15) is 8.42 Å². The van der Waals surface area contributed by atoms with Gasteiger partial charge in [-0.3, -0.25) is 0 Å². The van der Waals surface area contributed by atoms with Crippen LogP contribution in [0.3, 0.4) is 0 Å². The highest BCUT2D eigenvalue weighted by atomic mass is 79.9. The molecule has 0 heterocycles. The van der Waals surface area contributed by atoms with Crippen LogP contribution in [0.4, 0.5) is 0 Å². The molecule has 0 saturated carbocycles. The topological polar surface area (TPSA) is 46.2 Å². The predicted molar refractivity (Wildman–Crippen MR) is 78.9 cm³/mol. The first kappa shape index (κ1) is 16.0. The Morgan fingerprint density at radius 3 is 2.11 bits per heavy atom. The van der Waals surface area contributed by atoms with Gasteiger partial charge in [0.05, 0.1) is 4.90 Å². The first-order chi connectivity index (χ1) is 8.39. The van der Waals surface area contributed by atoms with Crippen LogP contribution < -0.4 is 4.72 Å². The zero-order chi connectivity index (χ0) is 13.8. The maximum Gasteiger partial charge on any atom is 0.241 e. The molecule has 0 aliphatic heterocycles. The molecule has 0 unspecified atom stereocenters. The summed E-state index contributed by atoms with van der Waals surface area (Å²) in [5.41, 5.74) is -0.446. The van der Waals surface area contributed by atoms with Gasteiger partial charge in [-0.2, -0.15) is 0 Å². The van der Waals surface area contributed by atoms with Gasteiger partial charge in [0.2, 0.25) is 10.0 Å². The Hall–Kier alpha value is -0.100. The minimum Gasteiger partial charge on any atom is -0.207 e. The second-order valence-corrected chi connectivity index (χ2v) is 6.86. The van der Waals surface area contributed by atoms with Gasteiger partial charge in [-0.15, -0.1) is 0 Å². The molecule has 18 heavy (non-hydrogen) atoms. The summed E-state index contributed by atoms with van der Waals surface area (Å²) in [6, 6.07) is 6.16. The SMILES string of the molecule is CCC(CC)(CBr)NS(=O)(=O)c1ccc(Cl)cc1. The van der Waals surface area contributed by atoms with E-state index < -0.39 is 15.6 Å². The predicted octanol–water partition coefficient (Wildman–Crippen LogP) is 3.57. The molecule has 0 atom stereocenters. The molecule has 102 valence electrons. The quantitative estimate of drug-likeness (QED) is 0.794. The molecule has 1 aromatic carbocycles. The summed E-state index contributed by atoms with van der Waals surface area (Å²) in [5, 5.41) is 1.10. The molecule has 0 amide bonds. The van der Waals surface area contributed by atoms with Crippen LogP contribution >= 0.6 is 27.5 Å². The van der Waals surface area contributed by atoms with Crippen molar-refractivity contribution >= 4 is 37.6 Å².